The smallest absolute Gasteiger partial charge is 0.126 e. The van der Waals surface area contributed by atoms with Gasteiger partial charge in [-0.1, -0.05) is 20.8 Å². The minimum absolute atomic E-state index is 0.0509. The van der Waals surface area contributed by atoms with E-state index in [-0.39, 0.29) is 11.5 Å². The molecule has 0 saturated heterocycles. The summed E-state index contributed by atoms with van der Waals surface area (Å²) in [6.07, 6.45) is 0.199. The molecule has 1 rings (SSSR count). The van der Waals surface area contributed by atoms with Crippen molar-refractivity contribution in [1.29, 1.82) is 0 Å². The monoisotopic (exact) mass is 271 g/mol. The molecule has 0 aliphatic carbocycles. The predicted molar refractivity (Wildman–Crippen MR) is 72.9 cm³/mol. The van der Waals surface area contributed by atoms with Crippen molar-refractivity contribution < 1.29 is 13.9 Å². The summed E-state index contributed by atoms with van der Waals surface area (Å²) in [7, 11) is 0. The molecule has 2 nitrogen and oxygen atoms in total. The van der Waals surface area contributed by atoms with E-state index < -0.39 is 17.7 Å². The van der Waals surface area contributed by atoms with Crippen LogP contribution in [0.2, 0.25) is 0 Å². The van der Waals surface area contributed by atoms with Gasteiger partial charge in [-0.05, 0) is 36.5 Å². The summed E-state index contributed by atoms with van der Waals surface area (Å²) in [4.78, 5) is 0. The summed E-state index contributed by atoms with van der Waals surface area (Å²) in [5.41, 5.74) is 0.593. The molecular formula is C15H23F2NO. The highest BCUT2D eigenvalue weighted by Gasteiger charge is 2.17. The normalized spacial score (nSPS) is 15.3. The quantitative estimate of drug-likeness (QED) is 0.860. The molecule has 1 aromatic carbocycles. The molecule has 1 aromatic rings. The maximum absolute atomic E-state index is 13.1. The highest BCUT2D eigenvalue weighted by molar-refractivity contribution is 5.20. The summed E-state index contributed by atoms with van der Waals surface area (Å²) in [6.45, 7) is 8.39. The van der Waals surface area contributed by atoms with E-state index in [1.807, 2.05) is 6.92 Å². The van der Waals surface area contributed by atoms with E-state index in [4.69, 9.17) is 0 Å². The zero-order valence-corrected chi connectivity index (χ0v) is 12.0. The SMILES string of the molecule is CC(NCC(O)CC(C)(C)C)c1cc(F)cc(F)c1. The van der Waals surface area contributed by atoms with Gasteiger partial charge >= 0.3 is 0 Å². The Balaban J connectivity index is 2.53. The van der Waals surface area contributed by atoms with Crippen LogP contribution in [-0.4, -0.2) is 17.8 Å². The Morgan fingerprint density at radius 1 is 1.16 bits per heavy atom. The van der Waals surface area contributed by atoms with Gasteiger partial charge in [-0.15, -0.1) is 0 Å². The van der Waals surface area contributed by atoms with Crippen LogP contribution in [0.5, 0.6) is 0 Å². The van der Waals surface area contributed by atoms with Crippen LogP contribution in [0.15, 0.2) is 18.2 Å². The third kappa shape index (κ3) is 6.12. The van der Waals surface area contributed by atoms with E-state index >= 15 is 0 Å². The Bertz CT molecular complexity index is 395. The van der Waals surface area contributed by atoms with Gasteiger partial charge in [0, 0.05) is 18.7 Å². The molecule has 0 aromatic heterocycles. The van der Waals surface area contributed by atoms with E-state index in [0.29, 0.717) is 18.5 Å². The lowest BCUT2D eigenvalue weighted by atomic mass is 9.89. The van der Waals surface area contributed by atoms with Crippen molar-refractivity contribution in [2.24, 2.45) is 5.41 Å². The minimum Gasteiger partial charge on any atom is -0.392 e. The van der Waals surface area contributed by atoms with Crippen LogP contribution < -0.4 is 5.32 Å². The van der Waals surface area contributed by atoms with Crippen molar-refractivity contribution in [2.75, 3.05) is 6.54 Å². The number of halogens is 2. The number of rotatable bonds is 5. The predicted octanol–water partition coefficient (Wildman–Crippen LogP) is 3.41. The second-order valence-electron chi connectivity index (χ2n) is 6.25. The molecule has 0 spiro atoms. The van der Waals surface area contributed by atoms with Gasteiger partial charge in [-0.3, -0.25) is 0 Å². The van der Waals surface area contributed by atoms with Crippen LogP contribution in [0.1, 0.15) is 45.7 Å². The van der Waals surface area contributed by atoms with Gasteiger partial charge < -0.3 is 10.4 Å². The molecule has 2 N–H and O–H groups in total. The zero-order chi connectivity index (χ0) is 14.6. The standard InChI is InChI=1S/C15H23F2NO/c1-10(11-5-12(16)7-13(17)6-11)18-9-14(19)8-15(2,3)4/h5-7,10,14,18-19H,8-9H2,1-4H3. The van der Waals surface area contributed by atoms with Gasteiger partial charge in [-0.2, -0.15) is 0 Å². The molecular weight excluding hydrogens is 248 g/mol. The van der Waals surface area contributed by atoms with E-state index in [0.717, 1.165) is 6.07 Å². The van der Waals surface area contributed by atoms with Crippen molar-refractivity contribution in [2.45, 2.75) is 46.3 Å². The van der Waals surface area contributed by atoms with E-state index in [9.17, 15) is 13.9 Å². The Labute approximate surface area is 113 Å². The average molecular weight is 271 g/mol. The third-order valence-electron chi connectivity index (χ3n) is 2.89. The minimum atomic E-state index is -0.584. The summed E-state index contributed by atoms with van der Waals surface area (Å²) >= 11 is 0. The molecule has 0 amide bonds. The third-order valence-corrected chi connectivity index (χ3v) is 2.89. The largest absolute Gasteiger partial charge is 0.392 e. The average Bonchev–Trinajstić information content (AvgIpc) is 2.22. The van der Waals surface area contributed by atoms with Crippen molar-refractivity contribution in [1.82, 2.24) is 5.32 Å². The molecule has 0 bridgehead atoms. The Morgan fingerprint density at radius 2 is 1.68 bits per heavy atom. The van der Waals surface area contributed by atoms with E-state index in [1.165, 1.54) is 12.1 Å². The molecule has 2 atom stereocenters. The second-order valence-corrected chi connectivity index (χ2v) is 6.25. The fourth-order valence-corrected chi connectivity index (χ4v) is 2.03. The number of aliphatic hydroxyl groups is 1. The van der Waals surface area contributed by atoms with Gasteiger partial charge in [0.05, 0.1) is 6.10 Å². The second kappa shape index (κ2) is 6.44. The van der Waals surface area contributed by atoms with Crippen molar-refractivity contribution >= 4 is 0 Å². The van der Waals surface area contributed by atoms with E-state index in [1.54, 1.807) is 0 Å². The van der Waals surface area contributed by atoms with Crippen LogP contribution in [0.3, 0.4) is 0 Å². The van der Waals surface area contributed by atoms with Crippen LogP contribution in [0.25, 0.3) is 0 Å². The molecule has 0 fully saturated rings. The molecule has 108 valence electrons. The lowest BCUT2D eigenvalue weighted by molar-refractivity contribution is 0.117. The highest BCUT2D eigenvalue weighted by atomic mass is 19.1. The van der Waals surface area contributed by atoms with Crippen molar-refractivity contribution in [3.63, 3.8) is 0 Å². The maximum atomic E-state index is 13.1. The first-order valence-electron chi connectivity index (χ1n) is 6.55. The van der Waals surface area contributed by atoms with Gasteiger partial charge in [0.25, 0.3) is 0 Å². The first kappa shape index (κ1) is 16.1. The molecule has 4 heteroatoms. The van der Waals surface area contributed by atoms with Gasteiger partial charge in [0.2, 0.25) is 0 Å². The summed E-state index contributed by atoms with van der Waals surface area (Å²) in [5.74, 6) is -1.17. The Morgan fingerprint density at radius 3 is 2.16 bits per heavy atom. The molecule has 0 aliphatic heterocycles. The van der Waals surface area contributed by atoms with Crippen LogP contribution in [0.4, 0.5) is 8.78 Å². The molecule has 19 heavy (non-hydrogen) atoms. The zero-order valence-electron chi connectivity index (χ0n) is 12.0. The molecule has 0 aliphatic rings. The molecule has 2 unspecified atom stereocenters. The first-order valence-corrected chi connectivity index (χ1v) is 6.55. The number of aliphatic hydroxyl groups excluding tert-OH is 1. The topological polar surface area (TPSA) is 32.3 Å². The molecule has 0 saturated carbocycles. The number of hydrogen-bond acceptors (Lipinski definition) is 2. The van der Waals surface area contributed by atoms with Crippen LogP contribution in [0, 0.1) is 17.0 Å². The summed E-state index contributed by atoms with van der Waals surface area (Å²) < 4.78 is 26.2. The number of nitrogens with one attached hydrogen (secondary N) is 1. The van der Waals surface area contributed by atoms with Gasteiger partial charge in [-0.25, -0.2) is 8.78 Å². The fraction of sp³-hybridized carbons (Fsp3) is 0.600. The Hall–Kier alpha value is -1.00. The van der Waals surface area contributed by atoms with Crippen molar-refractivity contribution in [3.05, 3.63) is 35.4 Å². The van der Waals surface area contributed by atoms with Gasteiger partial charge in [0.1, 0.15) is 11.6 Å². The van der Waals surface area contributed by atoms with E-state index in [2.05, 4.69) is 26.1 Å². The van der Waals surface area contributed by atoms with Crippen molar-refractivity contribution in [3.8, 4) is 0 Å². The highest BCUT2D eigenvalue weighted by Crippen LogP contribution is 2.21. The number of benzene rings is 1. The number of hydrogen-bond donors (Lipinski definition) is 2. The molecule has 0 radical (unpaired) electrons. The lowest BCUT2D eigenvalue weighted by Crippen LogP contribution is -2.31. The van der Waals surface area contributed by atoms with Gasteiger partial charge in [0.15, 0.2) is 0 Å². The van der Waals surface area contributed by atoms with Crippen LogP contribution in [-0.2, 0) is 0 Å². The maximum Gasteiger partial charge on any atom is 0.126 e. The molecule has 0 heterocycles. The Kier molecular flexibility index (Phi) is 5.44. The fourth-order valence-electron chi connectivity index (χ4n) is 2.03. The lowest BCUT2D eigenvalue weighted by Gasteiger charge is -2.24. The summed E-state index contributed by atoms with van der Waals surface area (Å²) in [5, 5.41) is 13.0. The summed E-state index contributed by atoms with van der Waals surface area (Å²) in [6, 6.07) is 3.25. The van der Waals surface area contributed by atoms with Crippen LogP contribution >= 0.6 is 0 Å². The first-order chi connectivity index (χ1) is 8.67.